The molecule has 4 aromatic carbocycles. The Labute approximate surface area is 249 Å². The van der Waals surface area contributed by atoms with E-state index < -0.39 is 26.0 Å². The van der Waals surface area contributed by atoms with Crippen LogP contribution < -0.4 is 19.0 Å². The molecule has 0 atom stereocenters. The van der Waals surface area contributed by atoms with Crippen molar-refractivity contribution in [3.05, 3.63) is 113 Å². The Bertz CT molecular complexity index is 1870. The zero-order valence-electron chi connectivity index (χ0n) is 22.8. The SMILES string of the molecule is COc1cc(/C=C/C(=O)Nc2cccc(S(=O)(=O)Nc3ccc(Cl)cc3)c2)ccc1OS(=O)(=O)c1cc(C)ccc1C. The molecule has 0 saturated carbocycles. The van der Waals surface area contributed by atoms with Crippen molar-refractivity contribution < 1.29 is 30.6 Å². The molecule has 0 unspecified atom stereocenters. The molecule has 12 heteroatoms. The van der Waals surface area contributed by atoms with Gasteiger partial charge in [0.1, 0.15) is 4.90 Å². The minimum atomic E-state index is -4.12. The molecule has 1 amide bonds. The number of carbonyl (C=O) groups excluding carboxylic acids is 1. The van der Waals surface area contributed by atoms with Crippen LogP contribution in [0.5, 0.6) is 11.5 Å². The van der Waals surface area contributed by atoms with Crippen LogP contribution in [0.3, 0.4) is 0 Å². The van der Waals surface area contributed by atoms with Gasteiger partial charge in [0.25, 0.3) is 10.0 Å². The first-order valence-corrected chi connectivity index (χ1v) is 15.7. The number of aryl methyl sites for hydroxylation is 2. The predicted molar refractivity (Wildman–Crippen MR) is 163 cm³/mol. The molecule has 0 aromatic heterocycles. The molecule has 0 saturated heterocycles. The molecule has 0 aliphatic rings. The summed E-state index contributed by atoms with van der Waals surface area (Å²) >= 11 is 5.85. The second-order valence-electron chi connectivity index (χ2n) is 9.18. The quantitative estimate of drug-likeness (QED) is 0.159. The smallest absolute Gasteiger partial charge is 0.339 e. The van der Waals surface area contributed by atoms with Crippen LogP contribution in [0.25, 0.3) is 6.08 Å². The largest absolute Gasteiger partial charge is 0.493 e. The molecular weight excluding hydrogens is 600 g/mol. The van der Waals surface area contributed by atoms with E-state index in [0.29, 0.717) is 21.8 Å². The lowest BCUT2D eigenvalue weighted by Gasteiger charge is -2.13. The first-order valence-electron chi connectivity index (χ1n) is 12.4. The molecule has 0 aliphatic carbocycles. The van der Waals surface area contributed by atoms with Crippen LogP contribution >= 0.6 is 11.6 Å². The second-order valence-corrected chi connectivity index (χ2v) is 12.8. The molecule has 0 radical (unpaired) electrons. The highest BCUT2D eigenvalue weighted by Gasteiger charge is 2.22. The highest BCUT2D eigenvalue weighted by molar-refractivity contribution is 7.92. The van der Waals surface area contributed by atoms with Gasteiger partial charge in [-0.1, -0.05) is 35.9 Å². The lowest BCUT2D eigenvalue weighted by molar-refractivity contribution is -0.111. The number of halogens is 1. The number of nitrogens with one attached hydrogen (secondary N) is 2. The Kier molecular flexibility index (Phi) is 9.25. The Morgan fingerprint density at radius 3 is 2.29 bits per heavy atom. The van der Waals surface area contributed by atoms with E-state index in [4.69, 9.17) is 20.5 Å². The first-order chi connectivity index (χ1) is 19.9. The molecule has 4 rings (SSSR count). The maximum Gasteiger partial charge on any atom is 0.339 e. The monoisotopic (exact) mass is 626 g/mol. The van der Waals surface area contributed by atoms with Crippen molar-refractivity contribution in [2.45, 2.75) is 23.6 Å². The van der Waals surface area contributed by atoms with E-state index in [1.54, 1.807) is 44.2 Å². The molecule has 0 heterocycles. The summed E-state index contributed by atoms with van der Waals surface area (Å²) in [6.45, 7) is 3.47. The van der Waals surface area contributed by atoms with Gasteiger partial charge >= 0.3 is 10.1 Å². The molecule has 0 fully saturated rings. The number of carbonyl (C=O) groups is 1. The number of benzene rings is 4. The summed E-state index contributed by atoms with van der Waals surface area (Å²) < 4.78 is 64.6. The molecular formula is C30H27ClN2O7S2. The van der Waals surface area contributed by atoms with E-state index in [2.05, 4.69) is 10.0 Å². The number of hydrogen-bond donors (Lipinski definition) is 2. The summed E-state index contributed by atoms with van der Waals surface area (Å²) in [4.78, 5) is 12.6. The number of rotatable bonds is 10. The zero-order chi connectivity index (χ0) is 30.5. The Morgan fingerprint density at radius 1 is 0.833 bits per heavy atom. The zero-order valence-corrected chi connectivity index (χ0v) is 25.2. The van der Waals surface area contributed by atoms with Crippen molar-refractivity contribution in [2.75, 3.05) is 17.1 Å². The third kappa shape index (κ3) is 7.69. The van der Waals surface area contributed by atoms with Crippen LogP contribution in [0.15, 0.2) is 101 Å². The van der Waals surface area contributed by atoms with E-state index in [1.165, 1.54) is 67.8 Å². The van der Waals surface area contributed by atoms with Crippen LogP contribution in [-0.2, 0) is 24.9 Å². The van der Waals surface area contributed by atoms with Crippen LogP contribution in [0.4, 0.5) is 11.4 Å². The predicted octanol–water partition coefficient (Wildman–Crippen LogP) is 6.19. The third-order valence-electron chi connectivity index (χ3n) is 5.94. The van der Waals surface area contributed by atoms with Gasteiger partial charge in [0.15, 0.2) is 11.5 Å². The van der Waals surface area contributed by atoms with E-state index in [-0.39, 0.29) is 27.0 Å². The van der Waals surface area contributed by atoms with Crippen molar-refractivity contribution in [1.82, 2.24) is 0 Å². The van der Waals surface area contributed by atoms with E-state index in [0.717, 1.165) is 5.56 Å². The van der Waals surface area contributed by atoms with Gasteiger partial charge in [0.2, 0.25) is 5.91 Å². The third-order valence-corrected chi connectivity index (χ3v) is 8.94. The summed E-state index contributed by atoms with van der Waals surface area (Å²) in [5.74, 6) is -0.380. The van der Waals surface area contributed by atoms with Gasteiger partial charge in [-0.25, -0.2) is 8.42 Å². The van der Waals surface area contributed by atoms with Gasteiger partial charge in [0.05, 0.1) is 12.0 Å². The van der Waals surface area contributed by atoms with Crippen LogP contribution in [-0.4, -0.2) is 29.9 Å². The number of anilines is 2. The molecule has 0 bridgehead atoms. The van der Waals surface area contributed by atoms with Gasteiger partial charge in [-0.05, 0) is 97.3 Å². The number of sulfonamides is 1. The van der Waals surface area contributed by atoms with Gasteiger partial charge in [-0.3, -0.25) is 9.52 Å². The standard InChI is InChI=1S/C30H27ClN2O7S2/c1-20-7-8-21(2)29(17-20)42(37,38)40-27-15-9-22(18-28(27)39-3)10-16-30(34)32-25-5-4-6-26(19-25)41(35,36)33-24-13-11-23(31)12-14-24/h4-19,33H,1-3H3,(H,32,34)/b16-10+. The minimum absolute atomic E-state index is 0.00904. The molecule has 0 aliphatic heterocycles. The first kappa shape index (κ1) is 30.6. The molecule has 4 aromatic rings. The number of amides is 1. The summed E-state index contributed by atoms with van der Waals surface area (Å²) in [6.07, 6.45) is 2.73. The van der Waals surface area contributed by atoms with E-state index in [1.807, 2.05) is 6.07 Å². The van der Waals surface area contributed by atoms with Crippen LogP contribution in [0.1, 0.15) is 16.7 Å². The fraction of sp³-hybridized carbons (Fsp3) is 0.100. The Hall–Kier alpha value is -4.32. The van der Waals surface area contributed by atoms with Gasteiger partial charge in [-0.15, -0.1) is 0 Å². The fourth-order valence-electron chi connectivity index (χ4n) is 3.83. The highest BCUT2D eigenvalue weighted by atomic mass is 35.5. The molecule has 42 heavy (non-hydrogen) atoms. The lowest BCUT2D eigenvalue weighted by atomic mass is 10.2. The van der Waals surface area contributed by atoms with Crippen molar-refractivity contribution in [1.29, 1.82) is 0 Å². The second kappa shape index (κ2) is 12.7. The summed E-state index contributed by atoms with van der Waals surface area (Å²) in [7, 11) is -6.67. The molecule has 0 spiro atoms. The fourth-order valence-corrected chi connectivity index (χ4v) is 6.31. The topological polar surface area (TPSA) is 128 Å². The van der Waals surface area contributed by atoms with Crippen molar-refractivity contribution in [3.8, 4) is 11.5 Å². The number of methoxy groups -OCH3 is 1. The summed E-state index contributed by atoms with van der Waals surface area (Å²) in [5.41, 5.74) is 2.46. The maximum atomic E-state index is 12.9. The van der Waals surface area contributed by atoms with Crippen LogP contribution in [0.2, 0.25) is 5.02 Å². The van der Waals surface area contributed by atoms with E-state index in [9.17, 15) is 21.6 Å². The number of hydrogen-bond acceptors (Lipinski definition) is 7. The molecule has 2 N–H and O–H groups in total. The summed E-state index contributed by atoms with van der Waals surface area (Å²) in [5, 5.41) is 3.10. The minimum Gasteiger partial charge on any atom is -0.493 e. The Morgan fingerprint density at radius 2 is 1.57 bits per heavy atom. The molecule has 9 nitrogen and oxygen atoms in total. The van der Waals surface area contributed by atoms with Crippen molar-refractivity contribution >= 4 is 55.1 Å². The lowest BCUT2D eigenvalue weighted by Crippen LogP contribution is -2.14. The number of ether oxygens (including phenoxy) is 1. The summed E-state index contributed by atoms with van der Waals surface area (Å²) in [6, 6.07) is 21.6. The molecule has 218 valence electrons. The highest BCUT2D eigenvalue weighted by Crippen LogP contribution is 2.32. The van der Waals surface area contributed by atoms with Crippen molar-refractivity contribution in [2.24, 2.45) is 0 Å². The van der Waals surface area contributed by atoms with Gasteiger partial charge in [0, 0.05) is 22.5 Å². The van der Waals surface area contributed by atoms with Gasteiger partial charge < -0.3 is 14.2 Å². The van der Waals surface area contributed by atoms with E-state index >= 15 is 0 Å². The normalized spacial score (nSPS) is 11.7. The van der Waals surface area contributed by atoms with Crippen LogP contribution in [0, 0.1) is 13.8 Å². The maximum absolute atomic E-state index is 12.9. The van der Waals surface area contributed by atoms with Crippen molar-refractivity contribution in [3.63, 3.8) is 0 Å². The average molecular weight is 627 g/mol. The average Bonchev–Trinajstić information content (AvgIpc) is 2.95. The van der Waals surface area contributed by atoms with Gasteiger partial charge in [-0.2, -0.15) is 8.42 Å². The Balaban J connectivity index is 1.45.